The highest BCUT2D eigenvalue weighted by atomic mass is 32.2. The van der Waals surface area contributed by atoms with E-state index >= 15 is 0 Å². The van der Waals surface area contributed by atoms with Gasteiger partial charge in [0, 0.05) is 50.5 Å². The Kier molecular flexibility index (Phi) is 7.26. The number of anilines is 1. The third-order valence-electron chi connectivity index (χ3n) is 6.78. The molecule has 0 aromatic carbocycles. The van der Waals surface area contributed by atoms with Crippen LogP contribution in [0.1, 0.15) is 30.3 Å². The first-order chi connectivity index (χ1) is 19.4. The van der Waals surface area contributed by atoms with Crippen LogP contribution in [0.2, 0.25) is 0 Å². The fourth-order valence-corrected chi connectivity index (χ4v) is 6.15. The molecule has 0 saturated carbocycles. The first-order valence-electron chi connectivity index (χ1n) is 12.5. The fraction of sp³-hybridized carbons (Fsp3) is 0.360. The molecule has 5 rings (SSSR count). The minimum Gasteiger partial charge on any atom is -0.351 e. The number of nitrogens with one attached hydrogen (secondary N) is 1. The van der Waals surface area contributed by atoms with Gasteiger partial charge in [-0.15, -0.1) is 0 Å². The number of aromatic nitrogens is 7. The van der Waals surface area contributed by atoms with Crippen molar-refractivity contribution in [1.82, 2.24) is 38.4 Å². The molecule has 1 aliphatic rings. The predicted molar refractivity (Wildman–Crippen MR) is 140 cm³/mol. The number of sulfonamides is 1. The van der Waals surface area contributed by atoms with Crippen LogP contribution in [0.5, 0.6) is 0 Å². The maximum absolute atomic E-state index is 13.9. The molecule has 1 saturated heterocycles. The lowest BCUT2D eigenvalue weighted by Crippen LogP contribution is -2.47. The van der Waals surface area contributed by atoms with Crippen molar-refractivity contribution in [3.8, 4) is 23.1 Å². The second-order valence-electron chi connectivity index (χ2n) is 9.81. The Bertz CT molecular complexity index is 1740. The van der Waals surface area contributed by atoms with Crippen LogP contribution in [-0.4, -0.2) is 65.9 Å². The number of hydrogen-bond acceptors (Lipinski definition) is 9. The van der Waals surface area contributed by atoms with E-state index in [1.165, 1.54) is 33.9 Å². The van der Waals surface area contributed by atoms with E-state index in [-0.39, 0.29) is 47.4 Å². The summed E-state index contributed by atoms with van der Waals surface area (Å²) in [6.45, 7) is 3.93. The van der Waals surface area contributed by atoms with Crippen LogP contribution in [0, 0.1) is 24.2 Å². The van der Waals surface area contributed by atoms with Gasteiger partial charge in [-0.05, 0) is 31.4 Å². The molecule has 0 amide bonds. The molecule has 0 bridgehead atoms. The van der Waals surface area contributed by atoms with E-state index in [0.717, 1.165) is 0 Å². The predicted octanol–water partition coefficient (Wildman–Crippen LogP) is 3.17. The summed E-state index contributed by atoms with van der Waals surface area (Å²) in [5, 5.41) is 12.5. The van der Waals surface area contributed by atoms with Gasteiger partial charge in [-0.2, -0.15) is 22.7 Å². The molecule has 12 nitrogen and oxygen atoms in total. The number of nitriles is 1. The standard InChI is InChI=1S/C25H25F3N10O2S/c1-15-10-38(41(39,40)22-12-36(3)13-32-22)7-6-18(15)34-24-30-9-17(25(26,27)28)23(35-24)20-11-37(14-31-20)21-5-4-16(2)33-19(21)8-29/h4-5,9,11-15,18H,6-7,10H2,1-3H3,(H,30,34,35). The number of alkyl halides is 3. The van der Waals surface area contributed by atoms with Gasteiger partial charge < -0.3 is 14.5 Å². The first kappa shape index (κ1) is 28.2. The average molecular weight is 587 g/mol. The summed E-state index contributed by atoms with van der Waals surface area (Å²) >= 11 is 0. The molecule has 2 atom stereocenters. The van der Waals surface area contributed by atoms with Gasteiger partial charge in [0.05, 0.1) is 12.0 Å². The third-order valence-corrected chi connectivity index (χ3v) is 8.54. The molecule has 0 radical (unpaired) electrons. The van der Waals surface area contributed by atoms with E-state index < -0.39 is 27.5 Å². The maximum atomic E-state index is 13.9. The molecule has 2 unspecified atom stereocenters. The lowest BCUT2D eigenvalue weighted by Gasteiger charge is -2.36. The summed E-state index contributed by atoms with van der Waals surface area (Å²) < 4.78 is 72.0. The van der Waals surface area contributed by atoms with E-state index in [1.54, 1.807) is 30.7 Å². The van der Waals surface area contributed by atoms with Gasteiger partial charge in [0.2, 0.25) is 5.95 Å². The van der Waals surface area contributed by atoms with Gasteiger partial charge in [-0.3, -0.25) is 0 Å². The minimum atomic E-state index is -4.75. The number of pyridine rings is 1. The Labute approximate surface area is 233 Å². The summed E-state index contributed by atoms with van der Waals surface area (Å²) in [5.41, 5.74) is -0.503. The number of piperidine rings is 1. The number of halogens is 3. The molecule has 1 N–H and O–H groups in total. The topological polar surface area (TPSA) is 148 Å². The van der Waals surface area contributed by atoms with Gasteiger partial charge in [-0.1, -0.05) is 6.92 Å². The van der Waals surface area contributed by atoms with Crippen LogP contribution in [0.15, 0.2) is 48.4 Å². The van der Waals surface area contributed by atoms with Gasteiger partial charge in [0.1, 0.15) is 29.3 Å². The number of hydrogen-bond donors (Lipinski definition) is 1. The lowest BCUT2D eigenvalue weighted by molar-refractivity contribution is -0.137. The zero-order chi connectivity index (χ0) is 29.5. The van der Waals surface area contributed by atoms with Crippen molar-refractivity contribution in [1.29, 1.82) is 5.26 Å². The van der Waals surface area contributed by atoms with Crippen molar-refractivity contribution in [2.45, 2.75) is 37.5 Å². The van der Waals surface area contributed by atoms with Crippen LogP contribution >= 0.6 is 0 Å². The summed E-state index contributed by atoms with van der Waals surface area (Å²) in [5.74, 6) is -0.260. The molecule has 5 heterocycles. The largest absolute Gasteiger partial charge is 0.420 e. The highest BCUT2D eigenvalue weighted by Crippen LogP contribution is 2.36. The normalized spacial score (nSPS) is 18.3. The number of nitrogens with zero attached hydrogens (tertiary/aromatic N) is 9. The molecule has 4 aromatic rings. The van der Waals surface area contributed by atoms with Gasteiger partial charge in [-0.25, -0.2) is 33.3 Å². The highest BCUT2D eigenvalue weighted by Gasteiger charge is 2.38. The Morgan fingerprint density at radius 2 is 1.90 bits per heavy atom. The minimum absolute atomic E-state index is 0.0444. The Morgan fingerprint density at radius 1 is 1.12 bits per heavy atom. The number of rotatable bonds is 6. The number of aryl methyl sites for hydroxylation is 2. The van der Waals surface area contributed by atoms with Crippen molar-refractivity contribution in [2.75, 3.05) is 18.4 Å². The smallest absolute Gasteiger partial charge is 0.351 e. The lowest BCUT2D eigenvalue weighted by atomic mass is 9.95. The van der Waals surface area contributed by atoms with Crippen LogP contribution in [0.25, 0.3) is 17.1 Å². The van der Waals surface area contributed by atoms with Crippen LogP contribution in [0.4, 0.5) is 19.1 Å². The second-order valence-corrected chi connectivity index (χ2v) is 11.7. The van der Waals surface area contributed by atoms with Crippen molar-refractivity contribution in [2.24, 2.45) is 13.0 Å². The van der Waals surface area contributed by atoms with Crippen molar-refractivity contribution in [3.05, 3.63) is 60.3 Å². The van der Waals surface area contributed by atoms with E-state index in [2.05, 4.69) is 30.2 Å². The van der Waals surface area contributed by atoms with E-state index in [1.807, 2.05) is 13.0 Å². The molecule has 4 aromatic heterocycles. The molecular weight excluding hydrogens is 561 g/mol. The van der Waals surface area contributed by atoms with Crippen LogP contribution in [0.3, 0.4) is 0 Å². The molecule has 41 heavy (non-hydrogen) atoms. The molecule has 214 valence electrons. The van der Waals surface area contributed by atoms with Crippen molar-refractivity contribution < 1.29 is 21.6 Å². The van der Waals surface area contributed by atoms with Crippen molar-refractivity contribution in [3.63, 3.8) is 0 Å². The SMILES string of the molecule is Cc1ccc(-n2cnc(-c3nc(NC4CCN(S(=O)(=O)c5cn(C)cn5)CC4C)ncc3C(F)(F)F)c2)c(C#N)n1. The molecule has 16 heteroatoms. The zero-order valence-corrected chi connectivity index (χ0v) is 23.0. The molecule has 1 fully saturated rings. The van der Waals surface area contributed by atoms with Crippen LogP contribution < -0.4 is 5.32 Å². The first-order valence-corrected chi connectivity index (χ1v) is 13.9. The molecule has 0 spiro atoms. The van der Waals surface area contributed by atoms with E-state index in [0.29, 0.717) is 24.0 Å². The molecule has 0 aliphatic carbocycles. The Morgan fingerprint density at radius 3 is 2.56 bits per heavy atom. The second kappa shape index (κ2) is 10.6. The maximum Gasteiger partial charge on any atom is 0.420 e. The summed E-state index contributed by atoms with van der Waals surface area (Å²) in [6.07, 6.45) is 1.80. The monoisotopic (exact) mass is 586 g/mol. The van der Waals surface area contributed by atoms with E-state index in [9.17, 15) is 26.9 Å². The summed E-state index contributed by atoms with van der Waals surface area (Å²) in [7, 11) is -2.10. The Balaban J connectivity index is 1.40. The van der Waals surface area contributed by atoms with Gasteiger partial charge in [0.15, 0.2) is 10.7 Å². The quantitative estimate of drug-likeness (QED) is 0.360. The fourth-order valence-electron chi connectivity index (χ4n) is 4.63. The van der Waals surface area contributed by atoms with Gasteiger partial charge in [0.25, 0.3) is 10.0 Å². The molecular formula is C25H25F3N10O2S. The van der Waals surface area contributed by atoms with E-state index in [4.69, 9.17) is 0 Å². The molecule has 1 aliphatic heterocycles. The third kappa shape index (κ3) is 5.63. The van der Waals surface area contributed by atoms with Crippen LogP contribution in [-0.2, 0) is 23.2 Å². The average Bonchev–Trinajstić information content (AvgIpc) is 3.59. The van der Waals surface area contributed by atoms with Gasteiger partial charge >= 0.3 is 6.18 Å². The zero-order valence-electron chi connectivity index (χ0n) is 22.2. The Hall–Kier alpha value is -4.36. The summed E-state index contributed by atoms with van der Waals surface area (Å²) in [6, 6.07) is 4.99. The number of imidazole rings is 2. The highest BCUT2D eigenvalue weighted by molar-refractivity contribution is 7.89. The van der Waals surface area contributed by atoms with Crippen molar-refractivity contribution >= 4 is 16.0 Å². The summed E-state index contributed by atoms with van der Waals surface area (Å²) in [4.78, 5) is 20.3.